The van der Waals surface area contributed by atoms with Gasteiger partial charge in [0.05, 0.1) is 6.42 Å². The summed E-state index contributed by atoms with van der Waals surface area (Å²) in [6, 6.07) is 11.3. The number of halogens is 1. The molecule has 1 aliphatic rings. The quantitative estimate of drug-likeness (QED) is 0.863. The monoisotopic (exact) mass is 327 g/mol. The minimum atomic E-state index is -0.342. The number of carbonyl (C=O) groups excluding carboxylic acids is 2. The predicted octanol–water partition coefficient (Wildman–Crippen LogP) is 1.75. The molecule has 2 heterocycles. The molecule has 124 valence electrons. The van der Waals surface area contributed by atoms with Gasteiger partial charge in [-0.3, -0.25) is 14.6 Å². The fourth-order valence-corrected chi connectivity index (χ4v) is 2.74. The first-order chi connectivity index (χ1) is 11.6. The third kappa shape index (κ3) is 3.76. The second-order valence-corrected chi connectivity index (χ2v) is 5.69. The smallest absolute Gasteiger partial charge is 0.272 e. The summed E-state index contributed by atoms with van der Waals surface area (Å²) in [4.78, 5) is 32.1. The van der Waals surface area contributed by atoms with E-state index in [-0.39, 0.29) is 24.1 Å². The van der Waals surface area contributed by atoms with Crippen molar-refractivity contribution in [3.63, 3.8) is 0 Å². The Balaban J connectivity index is 1.55. The lowest BCUT2D eigenvalue weighted by Crippen LogP contribution is -2.51. The first-order valence-corrected chi connectivity index (χ1v) is 7.86. The molecular weight excluding hydrogens is 309 g/mol. The van der Waals surface area contributed by atoms with Crippen molar-refractivity contribution in [3.8, 4) is 0 Å². The minimum absolute atomic E-state index is 0.0504. The van der Waals surface area contributed by atoms with Crippen LogP contribution in [0.25, 0.3) is 0 Å². The number of nitrogens with zero attached hydrogens (tertiary/aromatic N) is 3. The van der Waals surface area contributed by atoms with Gasteiger partial charge in [-0.05, 0) is 29.8 Å². The molecule has 0 N–H and O–H groups in total. The summed E-state index contributed by atoms with van der Waals surface area (Å²) < 4.78 is 13.2. The van der Waals surface area contributed by atoms with E-state index < -0.39 is 0 Å². The highest BCUT2D eigenvalue weighted by Crippen LogP contribution is 2.10. The maximum Gasteiger partial charge on any atom is 0.272 e. The van der Waals surface area contributed by atoms with E-state index >= 15 is 0 Å². The Bertz CT molecular complexity index is 728. The third-order valence-corrected chi connectivity index (χ3v) is 4.05. The summed E-state index contributed by atoms with van der Waals surface area (Å²) in [5.41, 5.74) is 1.07. The van der Waals surface area contributed by atoms with Crippen molar-refractivity contribution in [2.75, 3.05) is 26.2 Å². The number of piperazine rings is 1. The molecule has 0 radical (unpaired) electrons. The Hall–Kier alpha value is -2.76. The Labute approximate surface area is 139 Å². The number of carbonyl (C=O) groups is 2. The highest BCUT2D eigenvalue weighted by Gasteiger charge is 2.25. The molecule has 24 heavy (non-hydrogen) atoms. The molecule has 6 heteroatoms. The lowest BCUT2D eigenvalue weighted by atomic mass is 10.1. The lowest BCUT2D eigenvalue weighted by Gasteiger charge is -2.34. The molecule has 0 aliphatic carbocycles. The number of hydrogen-bond donors (Lipinski definition) is 0. The number of benzene rings is 1. The van der Waals surface area contributed by atoms with Gasteiger partial charge in [0, 0.05) is 32.4 Å². The zero-order valence-electron chi connectivity index (χ0n) is 13.2. The summed E-state index contributed by atoms with van der Waals surface area (Å²) in [5, 5.41) is 0. The van der Waals surface area contributed by atoms with Crippen LogP contribution in [0.5, 0.6) is 0 Å². The topological polar surface area (TPSA) is 53.5 Å². The van der Waals surface area contributed by atoms with Crippen molar-refractivity contribution < 1.29 is 14.0 Å². The Morgan fingerprint density at radius 3 is 2.42 bits per heavy atom. The highest BCUT2D eigenvalue weighted by atomic mass is 19.1. The van der Waals surface area contributed by atoms with Crippen molar-refractivity contribution in [3.05, 3.63) is 65.7 Å². The van der Waals surface area contributed by atoms with Gasteiger partial charge >= 0.3 is 0 Å². The summed E-state index contributed by atoms with van der Waals surface area (Å²) in [7, 11) is 0. The molecule has 2 aromatic rings. The van der Waals surface area contributed by atoms with Crippen molar-refractivity contribution in [2.45, 2.75) is 6.42 Å². The van der Waals surface area contributed by atoms with Crippen molar-refractivity contribution >= 4 is 11.8 Å². The summed E-state index contributed by atoms with van der Waals surface area (Å²) >= 11 is 0. The van der Waals surface area contributed by atoms with Crippen LogP contribution in [0.1, 0.15) is 16.1 Å². The maximum atomic E-state index is 13.2. The van der Waals surface area contributed by atoms with Crippen LogP contribution < -0.4 is 0 Å². The van der Waals surface area contributed by atoms with Crippen LogP contribution in [0.15, 0.2) is 48.7 Å². The van der Waals surface area contributed by atoms with Gasteiger partial charge in [-0.15, -0.1) is 0 Å². The van der Waals surface area contributed by atoms with Gasteiger partial charge in [0.25, 0.3) is 5.91 Å². The van der Waals surface area contributed by atoms with Crippen LogP contribution in [0, 0.1) is 5.82 Å². The van der Waals surface area contributed by atoms with Crippen molar-refractivity contribution in [1.82, 2.24) is 14.8 Å². The average molecular weight is 327 g/mol. The van der Waals surface area contributed by atoms with E-state index in [1.165, 1.54) is 12.1 Å². The molecule has 1 saturated heterocycles. The van der Waals surface area contributed by atoms with E-state index in [1.807, 2.05) is 0 Å². The van der Waals surface area contributed by atoms with Gasteiger partial charge in [0.1, 0.15) is 11.5 Å². The zero-order valence-corrected chi connectivity index (χ0v) is 13.2. The first-order valence-electron chi connectivity index (χ1n) is 7.86. The molecule has 0 saturated carbocycles. The highest BCUT2D eigenvalue weighted by molar-refractivity contribution is 5.92. The van der Waals surface area contributed by atoms with Gasteiger partial charge in [0.2, 0.25) is 5.91 Å². The molecule has 1 fully saturated rings. The van der Waals surface area contributed by atoms with Crippen LogP contribution >= 0.6 is 0 Å². The van der Waals surface area contributed by atoms with E-state index in [4.69, 9.17) is 0 Å². The second-order valence-electron chi connectivity index (χ2n) is 5.69. The van der Waals surface area contributed by atoms with Crippen LogP contribution in [0.3, 0.4) is 0 Å². The molecule has 0 unspecified atom stereocenters. The fraction of sp³-hybridized carbons (Fsp3) is 0.278. The standard InChI is InChI=1S/C18H18FN3O2/c19-15-5-3-4-14(12-15)13-17(23)21-8-10-22(11-9-21)18(24)16-6-1-2-7-20-16/h1-7,12H,8-11,13H2. The summed E-state index contributed by atoms with van der Waals surface area (Å²) in [6.45, 7) is 1.91. The number of hydrogen-bond acceptors (Lipinski definition) is 3. The fourth-order valence-electron chi connectivity index (χ4n) is 2.74. The third-order valence-electron chi connectivity index (χ3n) is 4.05. The molecule has 3 rings (SSSR count). The molecule has 0 atom stereocenters. The van der Waals surface area contributed by atoms with E-state index in [0.717, 1.165) is 0 Å². The Kier molecular flexibility index (Phi) is 4.84. The normalized spacial score (nSPS) is 14.5. The van der Waals surface area contributed by atoms with E-state index in [0.29, 0.717) is 37.4 Å². The molecule has 5 nitrogen and oxygen atoms in total. The minimum Gasteiger partial charge on any atom is -0.339 e. The van der Waals surface area contributed by atoms with E-state index in [1.54, 1.807) is 46.3 Å². The molecule has 1 aliphatic heterocycles. The number of pyridine rings is 1. The van der Waals surface area contributed by atoms with Crippen molar-refractivity contribution in [2.24, 2.45) is 0 Å². The van der Waals surface area contributed by atoms with Crippen LogP contribution in [0.4, 0.5) is 4.39 Å². The van der Waals surface area contributed by atoms with Crippen LogP contribution in [-0.4, -0.2) is 52.8 Å². The number of aromatic nitrogens is 1. The Morgan fingerprint density at radius 2 is 1.75 bits per heavy atom. The Morgan fingerprint density at radius 1 is 1.00 bits per heavy atom. The SMILES string of the molecule is O=C(Cc1cccc(F)c1)N1CCN(C(=O)c2ccccn2)CC1. The van der Waals surface area contributed by atoms with Crippen molar-refractivity contribution in [1.29, 1.82) is 0 Å². The lowest BCUT2D eigenvalue weighted by molar-refractivity contribution is -0.131. The summed E-state index contributed by atoms with van der Waals surface area (Å²) in [6.07, 6.45) is 1.76. The molecule has 0 bridgehead atoms. The van der Waals surface area contributed by atoms with Gasteiger partial charge < -0.3 is 9.80 Å². The molecule has 1 aromatic heterocycles. The van der Waals surface area contributed by atoms with E-state index in [2.05, 4.69) is 4.98 Å². The summed E-state index contributed by atoms with van der Waals surface area (Å²) in [5.74, 6) is -0.510. The van der Waals surface area contributed by atoms with Gasteiger partial charge in [0.15, 0.2) is 0 Å². The number of amides is 2. The largest absolute Gasteiger partial charge is 0.339 e. The van der Waals surface area contributed by atoms with Crippen LogP contribution in [0.2, 0.25) is 0 Å². The molecule has 0 spiro atoms. The van der Waals surface area contributed by atoms with Gasteiger partial charge in [-0.2, -0.15) is 0 Å². The number of rotatable bonds is 3. The van der Waals surface area contributed by atoms with Gasteiger partial charge in [-0.25, -0.2) is 4.39 Å². The molecular formula is C18H18FN3O2. The van der Waals surface area contributed by atoms with Crippen LogP contribution in [-0.2, 0) is 11.2 Å². The second kappa shape index (κ2) is 7.21. The zero-order chi connectivity index (χ0) is 16.9. The van der Waals surface area contributed by atoms with Gasteiger partial charge in [-0.1, -0.05) is 18.2 Å². The molecule has 1 aromatic carbocycles. The van der Waals surface area contributed by atoms with E-state index in [9.17, 15) is 14.0 Å². The predicted molar refractivity (Wildman–Crippen MR) is 86.8 cm³/mol. The first kappa shape index (κ1) is 16.1. The maximum absolute atomic E-state index is 13.2. The average Bonchev–Trinajstić information content (AvgIpc) is 2.62. The molecule has 2 amide bonds.